The second kappa shape index (κ2) is 13.3. The van der Waals surface area contributed by atoms with Gasteiger partial charge in [0.05, 0.1) is 19.8 Å². The van der Waals surface area contributed by atoms with Crippen molar-refractivity contribution in [3.05, 3.63) is 160 Å². The van der Waals surface area contributed by atoms with E-state index in [9.17, 15) is 14.7 Å². The number of nitrogens with zero attached hydrogens (tertiary/aromatic N) is 2. The summed E-state index contributed by atoms with van der Waals surface area (Å²) < 4.78 is 19.8. The molecular weight excluding hydrogens is 570 g/mol. The Kier molecular flexibility index (Phi) is 8.84. The summed E-state index contributed by atoms with van der Waals surface area (Å²) in [5, 5.41) is 13.7. The molecule has 5 aromatic rings. The van der Waals surface area contributed by atoms with Crippen molar-refractivity contribution >= 4 is 11.7 Å². The molecule has 0 saturated carbocycles. The highest BCUT2D eigenvalue weighted by molar-refractivity contribution is 6.03. The number of aliphatic hydroxyl groups is 1. The molecular formula is C36H33N3O6. The Hall–Kier alpha value is -5.09. The summed E-state index contributed by atoms with van der Waals surface area (Å²) in [5.41, 5.74) is 1.48. The first-order chi connectivity index (χ1) is 22.0. The molecule has 0 bridgehead atoms. The molecule has 3 atom stereocenters. The molecule has 45 heavy (non-hydrogen) atoms. The Balaban J connectivity index is 1.25. The fourth-order valence-corrected chi connectivity index (χ4v) is 5.64. The zero-order valence-electron chi connectivity index (χ0n) is 24.7. The Labute approximate surface area is 260 Å². The zero-order valence-corrected chi connectivity index (χ0v) is 24.7. The summed E-state index contributed by atoms with van der Waals surface area (Å²) in [5.74, 6) is 0.469. The number of hydrogen-bond acceptors (Lipinski definition) is 7. The summed E-state index contributed by atoms with van der Waals surface area (Å²) >= 11 is 0. The Bertz CT molecular complexity index is 1740. The molecule has 1 aromatic heterocycles. The third kappa shape index (κ3) is 6.28. The van der Waals surface area contributed by atoms with Gasteiger partial charge in [-0.15, -0.1) is 0 Å². The highest BCUT2D eigenvalue weighted by Crippen LogP contribution is 2.42. The van der Waals surface area contributed by atoms with Gasteiger partial charge in [0.15, 0.2) is 0 Å². The molecule has 0 radical (unpaired) electrons. The Morgan fingerprint density at radius 3 is 2.04 bits per heavy atom. The van der Waals surface area contributed by atoms with Crippen LogP contribution in [0.4, 0.5) is 5.82 Å². The van der Waals surface area contributed by atoms with Crippen LogP contribution >= 0.6 is 0 Å². The minimum atomic E-state index is -1.03. The SMILES string of the molecule is COc1ccc(C(OCC2OC(n3ccc(NC(=O)c4ccccc4)nc3=O)CC2O)(c2ccccc2)c2ccccc2)cc1. The summed E-state index contributed by atoms with van der Waals surface area (Å²) in [6.07, 6.45) is -0.732. The van der Waals surface area contributed by atoms with Gasteiger partial charge in [-0.25, -0.2) is 4.79 Å². The fourth-order valence-electron chi connectivity index (χ4n) is 5.64. The number of benzene rings is 4. The van der Waals surface area contributed by atoms with E-state index in [-0.39, 0.29) is 24.8 Å². The summed E-state index contributed by atoms with van der Waals surface area (Å²) in [6, 6.07) is 37.7. The van der Waals surface area contributed by atoms with Crippen molar-refractivity contribution < 1.29 is 24.1 Å². The quantitative estimate of drug-likeness (QED) is 0.212. The maximum atomic E-state index is 13.0. The van der Waals surface area contributed by atoms with Crippen LogP contribution < -0.4 is 15.7 Å². The van der Waals surface area contributed by atoms with Gasteiger partial charge in [0.2, 0.25) is 0 Å². The average molecular weight is 604 g/mol. The van der Waals surface area contributed by atoms with E-state index in [0.717, 1.165) is 22.4 Å². The van der Waals surface area contributed by atoms with Crippen LogP contribution in [0.25, 0.3) is 0 Å². The molecule has 2 N–H and O–H groups in total. The number of amides is 1. The highest BCUT2D eigenvalue weighted by Gasteiger charge is 2.42. The van der Waals surface area contributed by atoms with Crippen molar-refractivity contribution in [2.75, 3.05) is 19.0 Å². The van der Waals surface area contributed by atoms with Crippen LogP contribution in [0.15, 0.2) is 132 Å². The lowest BCUT2D eigenvalue weighted by Gasteiger charge is -2.37. The first-order valence-corrected chi connectivity index (χ1v) is 14.7. The number of ether oxygens (including phenoxy) is 3. The number of aromatic nitrogens is 2. The normalized spacial score (nSPS) is 18.0. The fraction of sp³-hybridized carbons (Fsp3) is 0.194. The largest absolute Gasteiger partial charge is 0.497 e. The van der Waals surface area contributed by atoms with Gasteiger partial charge in [-0.1, -0.05) is 91.0 Å². The van der Waals surface area contributed by atoms with Crippen molar-refractivity contribution in [1.29, 1.82) is 0 Å². The number of carbonyl (C=O) groups is 1. The molecule has 2 heterocycles. The van der Waals surface area contributed by atoms with Crippen molar-refractivity contribution in [2.45, 2.75) is 30.5 Å². The van der Waals surface area contributed by atoms with Gasteiger partial charge in [-0.2, -0.15) is 4.98 Å². The Morgan fingerprint density at radius 2 is 1.47 bits per heavy atom. The number of anilines is 1. The average Bonchev–Trinajstić information content (AvgIpc) is 3.46. The molecule has 3 unspecified atom stereocenters. The van der Waals surface area contributed by atoms with Gasteiger partial charge in [0.1, 0.15) is 29.5 Å². The lowest BCUT2D eigenvalue weighted by atomic mass is 9.80. The number of rotatable bonds is 10. The van der Waals surface area contributed by atoms with Gasteiger partial charge in [-0.3, -0.25) is 9.36 Å². The molecule has 1 aliphatic rings. The van der Waals surface area contributed by atoms with E-state index in [1.165, 1.54) is 16.8 Å². The van der Waals surface area contributed by atoms with E-state index in [1.807, 2.05) is 91.0 Å². The number of aliphatic hydroxyl groups excluding tert-OH is 1. The van der Waals surface area contributed by atoms with E-state index in [0.29, 0.717) is 5.56 Å². The molecule has 0 aliphatic carbocycles. The second-order valence-electron chi connectivity index (χ2n) is 10.7. The summed E-state index contributed by atoms with van der Waals surface area (Å²) in [7, 11) is 1.62. The molecule has 1 amide bonds. The van der Waals surface area contributed by atoms with Gasteiger partial charge < -0.3 is 24.6 Å². The van der Waals surface area contributed by atoms with Gasteiger partial charge in [-0.05, 0) is 47.0 Å². The lowest BCUT2D eigenvalue weighted by Crippen LogP contribution is -2.38. The molecule has 1 saturated heterocycles. The molecule has 228 valence electrons. The minimum absolute atomic E-state index is 0.0287. The smallest absolute Gasteiger partial charge is 0.351 e. The maximum Gasteiger partial charge on any atom is 0.351 e. The molecule has 9 heteroatoms. The van der Waals surface area contributed by atoms with E-state index >= 15 is 0 Å². The second-order valence-corrected chi connectivity index (χ2v) is 10.7. The van der Waals surface area contributed by atoms with Gasteiger partial charge in [0.25, 0.3) is 5.91 Å². The van der Waals surface area contributed by atoms with Crippen LogP contribution in [-0.4, -0.2) is 46.5 Å². The van der Waals surface area contributed by atoms with Gasteiger partial charge in [0, 0.05) is 18.2 Å². The molecule has 1 aliphatic heterocycles. The zero-order chi connectivity index (χ0) is 31.2. The number of carbonyl (C=O) groups excluding carboxylic acids is 1. The predicted octanol–water partition coefficient (Wildman–Crippen LogP) is 5.16. The van der Waals surface area contributed by atoms with E-state index in [2.05, 4.69) is 10.3 Å². The monoisotopic (exact) mass is 603 g/mol. The first-order valence-electron chi connectivity index (χ1n) is 14.7. The molecule has 0 spiro atoms. The third-order valence-electron chi connectivity index (χ3n) is 7.94. The third-order valence-corrected chi connectivity index (χ3v) is 7.94. The van der Waals surface area contributed by atoms with Crippen molar-refractivity contribution in [1.82, 2.24) is 9.55 Å². The standard InChI is InChI=1S/C36H33N3O6/c1-43-29-19-17-28(18-20-29)36(26-13-7-3-8-14-26,27-15-9-4-10-16-27)44-24-31-30(40)23-33(45-31)39-22-21-32(38-35(39)42)37-34(41)25-11-5-2-6-12-25/h2-22,30-31,33,40H,23-24H2,1H3,(H,37,38,41,42). The van der Waals surface area contributed by atoms with E-state index in [1.54, 1.807) is 31.4 Å². The first kappa shape index (κ1) is 30.0. The number of nitrogens with one attached hydrogen (secondary N) is 1. The van der Waals surface area contributed by atoms with Crippen LogP contribution in [0.1, 0.15) is 39.7 Å². The van der Waals surface area contributed by atoms with E-state index in [4.69, 9.17) is 14.2 Å². The van der Waals surface area contributed by atoms with Crippen LogP contribution in [0.5, 0.6) is 5.75 Å². The van der Waals surface area contributed by atoms with Crippen LogP contribution in [-0.2, 0) is 15.1 Å². The highest BCUT2D eigenvalue weighted by atomic mass is 16.6. The minimum Gasteiger partial charge on any atom is -0.497 e. The predicted molar refractivity (Wildman–Crippen MR) is 169 cm³/mol. The summed E-state index contributed by atoms with van der Waals surface area (Å²) in [4.78, 5) is 29.5. The summed E-state index contributed by atoms with van der Waals surface area (Å²) in [6.45, 7) is 0.0287. The number of methoxy groups -OCH3 is 1. The number of hydrogen-bond donors (Lipinski definition) is 2. The van der Waals surface area contributed by atoms with Gasteiger partial charge >= 0.3 is 5.69 Å². The van der Waals surface area contributed by atoms with Crippen molar-refractivity contribution in [2.24, 2.45) is 0 Å². The molecule has 1 fully saturated rings. The van der Waals surface area contributed by atoms with Crippen LogP contribution in [0, 0.1) is 0 Å². The topological polar surface area (TPSA) is 112 Å². The lowest BCUT2D eigenvalue weighted by molar-refractivity contribution is -0.0944. The molecule has 4 aromatic carbocycles. The van der Waals surface area contributed by atoms with Crippen molar-refractivity contribution in [3.63, 3.8) is 0 Å². The van der Waals surface area contributed by atoms with Crippen LogP contribution in [0.3, 0.4) is 0 Å². The van der Waals surface area contributed by atoms with Crippen LogP contribution in [0.2, 0.25) is 0 Å². The van der Waals surface area contributed by atoms with E-state index < -0.39 is 29.7 Å². The van der Waals surface area contributed by atoms with Crippen molar-refractivity contribution in [3.8, 4) is 5.75 Å². The molecule has 6 rings (SSSR count). The Morgan fingerprint density at radius 1 is 0.889 bits per heavy atom. The maximum absolute atomic E-state index is 13.0. The molecule has 9 nitrogen and oxygen atoms in total.